The molecule has 0 bridgehead atoms. The molecule has 0 atom stereocenters. The molecule has 0 nitrogen and oxygen atoms in total. The summed E-state index contributed by atoms with van der Waals surface area (Å²) in [5.74, 6) is 0. The number of rotatable bonds is 6. The van der Waals surface area contributed by atoms with E-state index in [4.69, 9.17) is 25.3 Å². The molecule has 0 aromatic heterocycles. The second-order valence-electron chi connectivity index (χ2n) is 4.49. The fourth-order valence-electron chi connectivity index (χ4n) is 1.50. The van der Waals surface area contributed by atoms with Crippen LogP contribution in [-0.4, -0.2) is 55.0 Å². The summed E-state index contributed by atoms with van der Waals surface area (Å²) in [5, 5.41) is 0. The van der Waals surface area contributed by atoms with E-state index in [2.05, 4.69) is 41.5 Å². The maximum Gasteiger partial charge on any atom is 2.00 e. The van der Waals surface area contributed by atoms with Gasteiger partial charge in [-0.3, -0.25) is 0 Å². The fraction of sp³-hybridized carbons (Fsp3) is 1.00. The third-order valence-electron chi connectivity index (χ3n) is 3.87. The minimum atomic E-state index is 0. The summed E-state index contributed by atoms with van der Waals surface area (Å²) in [6.07, 6.45) is 6.81. The van der Waals surface area contributed by atoms with Crippen molar-refractivity contribution in [3.63, 3.8) is 0 Å². The predicted molar refractivity (Wildman–Crippen MR) is 87.7 cm³/mol. The molecule has 0 aliphatic carbocycles. The van der Waals surface area contributed by atoms with E-state index in [1.54, 1.807) is 0 Å². The van der Waals surface area contributed by atoms with Gasteiger partial charge in [-0.25, -0.2) is 0 Å². The molecule has 0 amide bonds. The molecule has 0 spiro atoms. The molecule has 3 heteroatoms. The van der Waals surface area contributed by atoms with Gasteiger partial charge in [-0.2, -0.15) is 9.49 Å². The van der Waals surface area contributed by atoms with Crippen molar-refractivity contribution < 1.29 is 0 Å². The summed E-state index contributed by atoms with van der Waals surface area (Å²) < 4.78 is 0.417. The molecule has 0 N–H and O–H groups in total. The first-order chi connectivity index (χ1) is 7.36. The molecule has 0 fully saturated rings. The van der Waals surface area contributed by atoms with Gasteiger partial charge >= 0.3 is 45.5 Å². The zero-order valence-corrected chi connectivity index (χ0v) is 17.9. The third kappa shape index (κ3) is 11.7. The molecule has 17 heavy (non-hydrogen) atoms. The Kier molecular flexibility index (Phi) is 18.8. The smallest absolute Gasteiger partial charge is 0.786 e. The normalized spacial score (nSPS) is 11.3. The van der Waals surface area contributed by atoms with E-state index in [1.807, 2.05) is 0 Å². The zero-order chi connectivity index (χ0) is 13.2. The summed E-state index contributed by atoms with van der Waals surface area (Å²) in [5.41, 5.74) is 0. The monoisotopic (exact) mass is 350 g/mol. The van der Waals surface area contributed by atoms with Crippen molar-refractivity contribution in [1.82, 2.24) is 0 Å². The van der Waals surface area contributed by atoms with Gasteiger partial charge in [-0.15, -0.1) is 0 Å². The maximum absolute atomic E-state index is 5.31. The summed E-state index contributed by atoms with van der Waals surface area (Å²) in [7, 11) is 0. The Morgan fingerprint density at radius 3 is 0.647 bits per heavy atom. The van der Waals surface area contributed by atoms with Gasteiger partial charge < -0.3 is 25.3 Å². The second kappa shape index (κ2) is 13.2. The van der Waals surface area contributed by atoms with Gasteiger partial charge in [-0.05, 0) is 0 Å². The van der Waals surface area contributed by atoms with Gasteiger partial charge in [0.25, 0.3) is 0 Å². The molecule has 0 unspecified atom stereocenters. The molecule has 100 valence electrons. The SMILES string of the molecule is CCC([S-])(CC)CC.CCC([S-])(CC)CC.[Sr+2]. The van der Waals surface area contributed by atoms with Crippen molar-refractivity contribution in [3.05, 3.63) is 0 Å². The summed E-state index contributed by atoms with van der Waals surface area (Å²) in [6.45, 7) is 13.0. The minimum Gasteiger partial charge on any atom is -0.786 e. The van der Waals surface area contributed by atoms with Gasteiger partial charge in [0, 0.05) is 0 Å². The van der Waals surface area contributed by atoms with Crippen LogP contribution in [0.2, 0.25) is 0 Å². The number of hydrogen-bond acceptors (Lipinski definition) is 2. The van der Waals surface area contributed by atoms with Crippen LogP contribution in [-0.2, 0) is 25.3 Å². The first-order valence-corrected chi connectivity index (χ1v) is 7.59. The Balaban J connectivity index is -0.000000218. The standard InChI is InChI=1S/2C7H16S.Sr/c2*1-4-7(8,5-2)6-3;/h2*8H,4-6H2,1-3H3;/q;;+2/p-2. The summed E-state index contributed by atoms with van der Waals surface area (Å²) in [6, 6.07) is 0. The Morgan fingerprint density at radius 1 is 0.529 bits per heavy atom. The second-order valence-corrected chi connectivity index (χ2v) is 6.22. The fourth-order valence-corrected chi connectivity index (χ4v) is 1.50. The van der Waals surface area contributed by atoms with Crippen molar-refractivity contribution in [3.8, 4) is 0 Å². The molecule has 0 saturated heterocycles. The maximum atomic E-state index is 5.31. The molecule has 0 rings (SSSR count). The molecule has 0 aromatic rings. The van der Waals surface area contributed by atoms with Crippen LogP contribution in [0.3, 0.4) is 0 Å². The van der Waals surface area contributed by atoms with Crippen LogP contribution >= 0.6 is 0 Å². The van der Waals surface area contributed by atoms with Crippen molar-refractivity contribution in [2.24, 2.45) is 0 Å². The molecule has 0 heterocycles. The van der Waals surface area contributed by atoms with E-state index in [9.17, 15) is 0 Å². The average Bonchev–Trinajstić information content (AvgIpc) is 2.37. The van der Waals surface area contributed by atoms with Gasteiger partial charge in [0.15, 0.2) is 0 Å². The molecule has 0 saturated carbocycles. The van der Waals surface area contributed by atoms with Crippen LogP contribution < -0.4 is 0 Å². The minimum absolute atomic E-state index is 0. The zero-order valence-electron chi connectivity index (χ0n) is 12.8. The van der Waals surface area contributed by atoms with Crippen LogP contribution in [0.5, 0.6) is 0 Å². The van der Waals surface area contributed by atoms with Gasteiger partial charge in [0.1, 0.15) is 0 Å². The first kappa shape index (κ1) is 24.2. The topological polar surface area (TPSA) is 0 Å². The van der Waals surface area contributed by atoms with E-state index in [1.165, 1.54) is 0 Å². The van der Waals surface area contributed by atoms with Crippen LogP contribution in [0.25, 0.3) is 0 Å². The van der Waals surface area contributed by atoms with E-state index < -0.39 is 0 Å². The van der Waals surface area contributed by atoms with Gasteiger partial charge in [0.2, 0.25) is 0 Å². The van der Waals surface area contributed by atoms with Crippen LogP contribution in [0.4, 0.5) is 0 Å². The molecule has 0 aliphatic heterocycles. The van der Waals surface area contributed by atoms with Crippen molar-refractivity contribution in [2.45, 2.75) is 89.6 Å². The first-order valence-electron chi connectivity index (χ1n) is 6.77. The summed E-state index contributed by atoms with van der Waals surface area (Å²) in [4.78, 5) is 0. The van der Waals surface area contributed by atoms with Crippen molar-refractivity contribution in [1.29, 1.82) is 0 Å². The van der Waals surface area contributed by atoms with Crippen molar-refractivity contribution >= 4 is 70.7 Å². The molecular weight excluding hydrogens is 320 g/mol. The Labute approximate surface area is 158 Å². The van der Waals surface area contributed by atoms with Crippen molar-refractivity contribution in [2.75, 3.05) is 0 Å². The van der Waals surface area contributed by atoms with E-state index in [-0.39, 0.29) is 55.0 Å². The quantitative estimate of drug-likeness (QED) is 0.506. The Bertz CT molecular complexity index is 118. The summed E-state index contributed by atoms with van der Waals surface area (Å²) >= 11 is 10.6. The third-order valence-corrected chi connectivity index (χ3v) is 5.60. The van der Waals surface area contributed by atoms with E-state index in [0.29, 0.717) is 0 Å². The molecular formula is C14H30S2Sr. The molecule has 0 aromatic carbocycles. The van der Waals surface area contributed by atoms with E-state index in [0.717, 1.165) is 38.5 Å². The Morgan fingerprint density at radius 2 is 0.647 bits per heavy atom. The predicted octanol–water partition coefficient (Wildman–Crippen LogP) is 4.62. The largest absolute Gasteiger partial charge is 2.00 e. The van der Waals surface area contributed by atoms with E-state index >= 15 is 0 Å². The molecule has 0 radical (unpaired) electrons. The van der Waals surface area contributed by atoms with Crippen LogP contribution in [0.15, 0.2) is 0 Å². The average molecular weight is 350 g/mol. The van der Waals surface area contributed by atoms with Gasteiger partial charge in [-0.1, -0.05) is 80.1 Å². The number of hydrogen-bond donors (Lipinski definition) is 0. The Hall–Kier alpha value is 2.18. The van der Waals surface area contributed by atoms with Crippen LogP contribution in [0, 0.1) is 0 Å². The van der Waals surface area contributed by atoms with Gasteiger partial charge in [0.05, 0.1) is 0 Å². The molecule has 0 aliphatic rings. The van der Waals surface area contributed by atoms with Crippen LogP contribution in [0.1, 0.15) is 80.1 Å².